The van der Waals surface area contributed by atoms with Crippen LogP contribution in [-0.2, 0) is 0 Å². The molecule has 1 aromatic carbocycles. The second-order valence-corrected chi connectivity index (χ2v) is 4.83. The maximum atomic E-state index is 13.7. The number of hydrogen-bond donors (Lipinski definition) is 2. The van der Waals surface area contributed by atoms with Crippen LogP contribution in [0.25, 0.3) is 0 Å². The molecule has 0 saturated carbocycles. The molecule has 2 rings (SSSR count). The fraction of sp³-hybridized carbons (Fsp3) is 0.538. The molecule has 20 heavy (non-hydrogen) atoms. The SMILES string of the molecule is CC[C@H](c1cc([N+](=O)[O-])cc(F)c1O)N1CCNCC1. The minimum atomic E-state index is -0.942. The van der Waals surface area contributed by atoms with Crippen LogP contribution in [0.2, 0.25) is 0 Å². The molecule has 0 aromatic heterocycles. The van der Waals surface area contributed by atoms with Gasteiger partial charge in [0, 0.05) is 43.9 Å². The van der Waals surface area contributed by atoms with Crippen LogP contribution < -0.4 is 5.32 Å². The highest BCUT2D eigenvalue weighted by molar-refractivity contribution is 5.46. The lowest BCUT2D eigenvalue weighted by Gasteiger charge is -2.34. The van der Waals surface area contributed by atoms with E-state index in [9.17, 15) is 19.6 Å². The van der Waals surface area contributed by atoms with Crippen molar-refractivity contribution in [2.45, 2.75) is 19.4 Å². The molecule has 2 N–H and O–H groups in total. The van der Waals surface area contributed by atoms with Crippen LogP contribution in [0.15, 0.2) is 12.1 Å². The molecule has 0 spiro atoms. The summed E-state index contributed by atoms with van der Waals surface area (Å²) in [5, 5.41) is 23.9. The highest BCUT2D eigenvalue weighted by Crippen LogP contribution is 2.36. The van der Waals surface area contributed by atoms with E-state index in [2.05, 4.69) is 10.2 Å². The molecule has 1 heterocycles. The smallest absolute Gasteiger partial charge is 0.272 e. The fourth-order valence-corrected chi connectivity index (χ4v) is 2.63. The lowest BCUT2D eigenvalue weighted by atomic mass is 10.00. The average Bonchev–Trinajstić information content (AvgIpc) is 2.45. The molecule has 110 valence electrons. The van der Waals surface area contributed by atoms with Gasteiger partial charge in [-0.3, -0.25) is 15.0 Å². The van der Waals surface area contributed by atoms with E-state index in [0.29, 0.717) is 12.0 Å². The molecule has 1 aliphatic rings. The van der Waals surface area contributed by atoms with Crippen molar-refractivity contribution in [3.8, 4) is 5.75 Å². The summed E-state index contributed by atoms with van der Waals surface area (Å²) < 4.78 is 13.7. The summed E-state index contributed by atoms with van der Waals surface area (Å²) in [6, 6.07) is 1.81. The quantitative estimate of drug-likeness (QED) is 0.650. The molecule has 0 bridgehead atoms. The Balaban J connectivity index is 2.39. The van der Waals surface area contributed by atoms with Crippen molar-refractivity contribution in [2.24, 2.45) is 0 Å². The molecular formula is C13H18FN3O3. The summed E-state index contributed by atoms with van der Waals surface area (Å²) in [7, 11) is 0. The zero-order valence-electron chi connectivity index (χ0n) is 11.3. The van der Waals surface area contributed by atoms with Gasteiger partial charge in [0.1, 0.15) is 0 Å². The maximum absolute atomic E-state index is 13.7. The van der Waals surface area contributed by atoms with E-state index >= 15 is 0 Å². The Morgan fingerprint density at radius 3 is 2.70 bits per heavy atom. The highest BCUT2D eigenvalue weighted by atomic mass is 19.1. The van der Waals surface area contributed by atoms with Crippen molar-refractivity contribution >= 4 is 5.69 Å². The van der Waals surface area contributed by atoms with E-state index in [4.69, 9.17) is 0 Å². The Morgan fingerprint density at radius 1 is 1.50 bits per heavy atom. The van der Waals surface area contributed by atoms with Crippen molar-refractivity contribution in [3.05, 3.63) is 33.6 Å². The molecule has 1 fully saturated rings. The van der Waals surface area contributed by atoms with Gasteiger partial charge in [0.2, 0.25) is 0 Å². The third-order valence-corrected chi connectivity index (χ3v) is 3.63. The first-order valence-corrected chi connectivity index (χ1v) is 6.66. The fourth-order valence-electron chi connectivity index (χ4n) is 2.63. The topological polar surface area (TPSA) is 78.6 Å². The highest BCUT2D eigenvalue weighted by Gasteiger charge is 2.26. The molecule has 1 atom stereocenters. The third-order valence-electron chi connectivity index (χ3n) is 3.63. The monoisotopic (exact) mass is 283 g/mol. The molecule has 0 unspecified atom stereocenters. The van der Waals surface area contributed by atoms with Crippen molar-refractivity contribution in [2.75, 3.05) is 26.2 Å². The Labute approximate surface area is 116 Å². The minimum Gasteiger partial charge on any atom is -0.505 e. The van der Waals surface area contributed by atoms with Gasteiger partial charge in [0.15, 0.2) is 11.6 Å². The first-order valence-electron chi connectivity index (χ1n) is 6.66. The summed E-state index contributed by atoms with van der Waals surface area (Å²) in [4.78, 5) is 12.3. The standard InChI is InChI=1S/C13H18FN3O3/c1-2-12(16-5-3-15-4-6-16)10-7-9(17(19)20)8-11(14)13(10)18/h7-8,12,15,18H,2-6H2,1H3/t12-/m1/s1. The Kier molecular flexibility index (Phi) is 4.51. The van der Waals surface area contributed by atoms with Gasteiger partial charge < -0.3 is 10.4 Å². The van der Waals surface area contributed by atoms with Crippen LogP contribution in [-0.4, -0.2) is 41.1 Å². The van der Waals surface area contributed by atoms with Crippen molar-refractivity contribution < 1.29 is 14.4 Å². The van der Waals surface area contributed by atoms with Crippen molar-refractivity contribution in [3.63, 3.8) is 0 Å². The van der Waals surface area contributed by atoms with Gasteiger partial charge in [-0.2, -0.15) is 0 Å². The number of non-ortho nitro benzene ring substituents is 1. The number of hydrogen-bond acceptors (Lipinski definition) is 5. The van der Waals surface area contributed by atoms with E-state index in [1.165, 1.54) is 6.07 Å². The van der Waals surface area contributed by atoms with Crippen molar-refractivity contribution in [1.82, 2.24) is 10.2 Å². The number of rotatable bonds is 4. The molecule has 0 amide bonds. The molecule has 1 aromatic rings. The summed E-state index contributed by atoms with van der Waals surface area (Å²) >= 11 is 0. The van der Waals surface area contributed by atoms with Gasteiger partial charge in [-0.15, -0.1) is 0 Å². The Bertz CT molecular complexity index is 504. The first-order chi connectivity index (χ1) is 9.54. The second kappa shape index (κ2) is 6.15. The average molecular weight is 283 g/mol. The zero-order valence-corrected chi connectivity index (χ0v) is 11.3. The van der Waals surface area contributed by atoms with Gasteiger partial charge in [0.05, 0.1) is 11.0 Å². The van der Waals surface area contributed by atoms with E-state index < -0.39 is 16.5 Å². The van der Waals surface area contributed by atoms with Gasteiger partial charge in [-0.25, -0.2) is 4.39 Å². The number of nitrogens with one attached hydrogen (secondary N) is 1. The molecule has 0 radical (unpaired) electrons. The number of phenols is 1. The lowest BCUT2D eigenvalue weighted by molar-refractivity contribution is -0.385. The van der Waals surface area contributed by atoms with E-state index in [0.717, 1.165) is 32.2 Å². The van der Waals surface area contributed by atoms with Gasteiger partial charge >= 0.3 is 0 Å². The number of aromatic hydroxyl groups is 1. The normalized spacial score (nSPS) is 17.9. The maximum Gasteiger partial charge on any atom is 0.272 e. The van der Waals surface area contributed by atoms with Crippen LogP contribution >= 0.6 is 0 Å². The number of halogens is 1. The Morgan fingerprint density at radius 2 is 2.15 bits per heavy atom. The predicted molar refractivity (Wildman–Crippen MR) is 72.2 cm³/mol. The zero-order chi connectivity index (χ0) is 14.7. The predicted octanol–water partition coefficient (Wildman–Crippen LogP) is 1.80. The second-order valence-electron chi connectivity index (χ2n) is 4.83. The van der Waals surface area contributed by atoms with Crippen LogP contribution in [0.3, 0.4) is 0 Å². The molecule has 1 saturated heterocycles. The molecule has 6 nitrogen and oxygen atoms in total. The minimum absolute atomic E-state index is 0.216. The molecule has 0 aliphatic carbocycles. The number of piperazine rings is 1. The number of phenolic OH excluding ortho intramolecular Hbond substituents is 1. The van der Waals surface area contributed by atoms with Crippen LogP contribution in [0, 0.1) is 15.9 Å². The largest absolute Gasteiger partial charge is 0.505 e. The van der Waals surface area contributed by atoms with E-state index in [1.54, 1.807) is 0 Å². The van der Waals surface area contributed by atoms with Gasteiger partial charge in [-0.1, -0.05) is 6.92 Å². The van der Waals surface area contributed by atoms with E-state index in [1.807, 2.05) is 6.92 Å². The van der Waals surface area contributed by atoms with Crippen LogP contribution in [0.4, 0.5) is 10.1 Å². The summed E-state index contributed by atoms with van der Waals surface area (Å²) in [5.74, 6) is -1.43. The lowest BCUT2D eigenvalue weighted by Crippen LogP contribution is -2.45. The van der Waals surface area contributed by atoms with E-state index in [-0.39, 0.29) is 11.7 Å². The molecule has 1 aliphatic heterocycles. The third kappa shape index (κ3) is 2.88. The van der Waals surface area contributed by atoms with Gasteiger partial charge in [-0.05, 0) is 6.42 Å². The van der Waals surface area contributed by atoms with Crippen LogP contribution in [0.5, 0.6) is 5.75 Å². The summed E-state index contributed by atoms with van der Waals surface area (Å²) in [6.07, 6.45) is 0.647. The number of nitro benzene ring substituents is 1. The first kappa shape index (κ1) is 14.7. The summed E-state index contributed by atoms with van der Waals surface area (Å²) in [6.45, 7) is 5.08. The molecular weight excluding hydrogens is 265 g/mol. The summed E-state index contributed by atoms with van der Waals surface area (Å²) in [5.41, 5.74) is -0.0371. The Hall–Kier alpha value is -1.73. The van der Waals surface area contributed by atoms with Crippen LogP contribution in [0.1, 0.15) is 24.9 Å². The number of nitrogens with zero attached hydrogens (tertiary/aromatic N) is 2. The molecule has 7 heteroatoms. The van der Waals surface area contributed by atoms with Crippen molar-refractivity contribution in [1.29, 1.82) is 0 Å². The number of benzene rings is 1. The number of nitro groups is 1. The van der Waals surface area contributed by atoms with Gasteiger partial charge in [0.25, 0.3) is 5.69 Å².